The summed E-state index contributed by atoms with van der Waals surface area (Å²) in [6, 6.07) is -0.240. The quantitative estimate of drug-likeness (QED) is 0.301. The maximum absolute atomic E-state index is 11.7. The molecule has 1 saturated heterocycles. The van der Waals surface area contributed by atoms with Gasteiger partial charge in [0.15, 0.2) is 6.10 Å². The highest BCUT2D eigenvalue weighted by atomic mass is 16.5. The van der Waals surface area contributed by atoms with Crippen molar-refractivity contribution in [2.45, 2.75) is 12.1 Å². The summed E-state index contributed by atoms with van der Waals surface area (Å²) in [5.74, 6) is -0.545. The van der Waals surface area contributed by atoms with E-state index >= 15 is 0 Å². The van der Waals surface area contributed by atoms with Crippen molar-refractivity contribution >= 4 is 11.9 Å². The van der Waals surface area contributed by atoms with Crippen LogP contribution in [0.1, 0.15) is 0 Å². The number of rotatable bonds is 6. The Hall–Kier alpha value is -1.88. The Balaban J connectivity index is 2.67. The van der Waals surface area contributed by atoms with Crippen LogP contribution in [0.15, 0.2) is 37.0 Å². The molecule has 5 nitrogen and oxygen atoms in total. The number of esters is 1. The summed E-state index contributed by atoms with van der Waals surface area (Å²) in [6.45, 7) is 4.01. The van der Waals surface area contributed by atoms with Crippen molar-refractivity contribution in [2.24, 2.45) is 0 Å². The van der Waals surface area contributed by atoms with E-state index in [2.05, 4.69) is 11.3 Å². The third kappa shape index (κ3) is 3.07. The third-order valence-corrected chi connectivity index (χ3v) is 2.66. The Bertz CT molecular complexity index is 386. The number of ether oxygens (including phenoxy) is 2. The van der Waals surface area contributed by atoms with Crippen LogP contribution in [-0.4, -0.2) is 49.7 Å². The molecular formula is C13H17NO4. The molecule has 1 aliphatic heterocycles. The zero-order valence-electron chi connectivity index (χ0n) is 10.5. The second-order valence-electron chi connectivity index (χ2n) is 3.68. The maximum atomic E-state index is 11.7. The van der Waals surface area contributed by atoms with Crippen LogP contribution in [0.5, 0.6) is 0 Å². The lowest BCUT2D eigenvalue weighted by Crippen LogP contribution is -2.64. The van der Waals surface area contributed by atoms with Crippen molar-refractivity contribution in [3.05, 3.63) is 37.0 Å². The molecular weight excluding hydrogens is 234 g/mol. The van der Waals surface area contributed by atoms with Gasteiger partial charge in [0.2, 0.25) is 0 Å². The lowest BCUT2D eigenvalue weighted by molar-refractivity contribution is -0.164. The van der Waals surface area contributed by atoms with Crippen molar-refractivity contribution < 1.29 is 19.1 Å². The third-order valence-electron chi connectivity index (χ3n) is 2.66. The zero-order valence-corrected chi connectivity index (χ0v) is 10.5. The average molecular weight is 251 g/mol. The Kier molecular flexibility index (Phi) is 5.32. The van der Waals surface area contributed by atoms with E-state index in [1.807, 2.05) is 6.08 Å². The number of allylic oxidation sites excluding steroid dienone is 2. The molecule has 0 aromatic heterocycles. The SMILES string of the molecule is C=C/C=C/CN1C(=O)[C@H](OC)[C@@H]1/C=C/C(=O)OC. The summed E-state index contributed by atoms with van der Waals surface area (Å²) in [5, 5.41) is 0. The molecule has 0 aliphatic carbocycles. The lowest BCUT2D eigenvalue weighted by Gasteiger charge is -2.44. The molecule has 1 aliphatic rings. The minimum atomic E-state index is -0.525. The number of carbonyl (C=O) groups is 2. The normalized spacial score (nSPS) is 23.4. The molecule has 98 valence electrons. The predicted octanol–water partition coefficient (Wildman–Crippen LogP) is 0.684. The van der Waals surface area contributed by atoms with Gasteiger partial charge in [-0.15, -0.1) is 0 Å². The minimum Gasteiger partial charge on any atom is -0.466 e. The smallest absolute Gasteiger partial charge is 0.330 e. The van der Waals surface area contributed by atoms with Crippen molar-refractivity contribution in [2.75, 3.05) is 20.8 Å². The van der Waals surface area contributed by atoms with Crippen LogP contribution in [0.3, 0.4) is 0 Å². The summed E-state index contributed by atoms with van der Waals surface area (Å²) >= 11 is 0. The summed E-state index contributed by atoms with van der Waals surface area (Å²) in [4.78, 5) is 24.3. The van der Waals surface area contributed by atoms with E-state index in [1.165, 1.54) is 20.3 Å². The zero-order chi connectivity index (χ0) is 13.5. The molecule has 0 saturated carbocycles. The number of methoxy groups -OCH3 is 2. The fourth-order valence-electron chi connectivity index (χ4n) is 1.71. The van der Waals surface area contributed by atoms with Crippen LogP contribution in [0.4, 0.5) is 0 Å². The number of amides is 1. The van der Waals surface area contributed by atoms with Crippen LogP contribution >= 0.6 is 0 Å². The first-order valence-corrected chi connectivity index (χ1v) is 5.52. The molecule has 1 rings (SSSR count). The van der Waals surface area contributed by atoms with Crippen LogP contribution in [-0.2, 0) is 19.1 Å². The summed E-state index contributed by atoms with van der Waals surface area (Å²) in [7, 11) is 2.77. The Morgan fingerprint density at radius 3 is 2.78 bits per heavy atom. The number of hydrogen-bond donors (Lipinski definition) is 0. The number of likely N-dealkylation sites (tertiary alicyclic amines) is 1. The van der Waals surface area contributed by atoms with Crippen molar-refractivity contribution in [1.82, 2.24) is 4.90 Å². The van der Waals surface area contributed by atoms with E-state index < -0.39 is 12.1 Å². The monoisotopic (exact) mass is 251 g/mol. The molecule has 1 amide bonds. The molecule has 0 aromatic rings. The Morgan fingerprint density at radius 2 is 2.22 bits per heavy atom. The van der Waals surface area contributed by atoms with Gasteiger partial charge in [-0.25, -0.2) is 4.79 Å². The second-order valence-corrected chi connectivity index (χ2v) is 3.68. The van der Waals surface area contributed by atoms with Crippen molar-refractivity contribution in [3.63, 3.8) is 0 Å². The van der Waals surface area contributed by atoms with Gasteiger partial charge >= 0.3 is 5.97 Å². The van der Waals surface area contributed by atoms with Gasteiger partial charge in [-0.1, -0.05) is 30.9 Å². The largest absolute Gasteiger partial charge is 0.466 e. The molecule has 0 spiro atoms. The molecule has 0 bridgehead atoms. The molecule has 0 aromatic carbocycles. The van der Waals surface area contributed by atoms with Crippen LogP contribution in [0.2, 0.25) is 0 Å². The first-order valence-electron chi connectivity index (χ1n) is 5.52. The van der Waals surface area contributed by atoms with E-state index in [1.54, 1.807) is 23.1 Å². The molecule has 2 atom stereocenters. The van der Waals surface area contributed by atoms with E-state index in [9.17, 15) is 9.59 Å². The Labute approximate surface area is 106 Å². The van der Waals surface area contributed by atoms with Crippen LogP contribution in [0.25, 0.3) is 0 Å². The summed E-state index contributed by atoms with van der Waals surface area (Å²) in [5.41, 5.74) is 0. The fraction of sp³-hybridized carbons (Fsp3) is 0.385. The highest BCUT2D eigenvalue weighted by Gasteiger charge is 2.45. The Morgan fingerprint density at radius 1 is 1.50 bits per heavy atom. The lowest BCUT2D eigenvalue weighted by atomic mass is 9.97. The summed E-state index contributed by atoms with van der Waals surface area (Å²) < 4.78 is 9.58. The first-order chi connectivity index (χ1) is 8.65. The van der Waals surface area contributed by atoms with Gasteiger partial charge in [0, 0.05) is 19.7 Å². The van der Waals surface area contributed by atoms with Crippen LogP contribution < -0.4 is 0 Å². The van der Waals surface area contributed by atoms with E-state index in [0.29, 0.717) is 6.54 Å². The van der Waals surface area contributed by atoms with Crippen molar-refractivity contribution in [3.8, 4) is 0 Å². The average Bonchev–Trinajstić information content (AvgIpc) is 2.38. The maximum Gasteiger partial charge on any atom is 0.330 e. The van der Waals surface area contributed by atoms with Crippen LogP contribution in [0, 0.1) is 0 Å². The van der Waals surface area contributed by atoms with Gasteiger partial charge in [0.25, 0.3) is 5.91 Å². The highest BCUT2D eigenvalue weighted by molar-refractivity contribution is 5.90. The highest BCUT2D eigenvalue weighted by Crippen LogP contribution is 2.23. The second kappa shape index (κ2) is 6.76. The molecule has 0 unspecified atom stereocenters. The molecule has 0 N–H and O–H groups in total. The molecule has 18 heavy (non-hydrogen) atoms. The topological polar surface area (TPSA) is 55.8 Å². The predicted molar refractivity (Wildman–Crippen MR) is 66.8 cm³/mol. The van der Waals surface area contributed by atoms with Gasteiger partial charge in [-0.3, -0.25) is 4.79 Å². The van der Waals surface area contributed by atoms with Gasteiger partial charge in [-0.05, 0) is 0 Å². The van der Waals surface area contributed by atoms with E-state index in [-0.39, 0.29) is 11.9 Å². The van der Waals surface area contributed by atoms with Gasteiger partial charge in [0.1, 0.15) is 0 Å². The molecule has 5 heteroatoms. The number of hydrogen-bond acceptors (Lipinski definition) is 4. The minimum absolute atomic E-state index is 0.0919. The van der Waals surface area contributed by atoms with Gasteiger partial charge in [-0.2, -0.15) is 0 Å². The number of carbonyl (C=O) groups excluding carboxylic acids is 2. The standard InChI is InChI=1S/C13H17NO4/c1-4-5-6-9-14-10(7-8-11(15)17-2)12(18-3)13(14)16/h4-8,10,12H,1,9H2,2-3H3/b6-5+,8-7+/t10-,12+/m0/s1. The fourth-order valence-corrected chi connectivity index (χ4v) is 1.71. The number of nitrogens with zero attached hydrogens (tertiary/aromatic N) is 1. The first kappa shape index (κ1) is 14.2. The van der Waals surface area contributed by atoms with Crippen molar-refractivity contribution in [1.29, 1.82) is 0 Å². The van der Waals surface area contributed by atoms with Gasteiger partial charge < -0.3 is 14.4 Å². The summed E-state index contributed by atoms with van der Waals surface area (Å²) in [6.07, 6.45) is 7.60. The van der Waals surface area contributed by atoms with E-state index in [4.69, 9.17) is 4.74 Å². The molecule has 1 fully saturated rings. The molecule has 1 heterocycles. The van der Waals surface area contributed by atoms with E-state index in [0.717, 1.165) is 0 Å². The van der Waals surface area contributed by atoms with Gasteiger partial charge in [0.05, 0.1) is 13.2 Å². The number of β-lactam (4-membered cyclic amide) rings is 1. The molecule has 0 radical (unpaired) electrons.